The molecule has 1 heterocycles. The maximum atomic E-state index is 4.39. The third-order valence-electron chi connectivity index (χ3n) is 1.98. The van der Waals surface area contributed by atoms with E-state index in [0.717, 1.165) is 5.52 Å². The van der Waals surface area contributed by atoms with Gasteiger partial charge in [-0.15, -0.1) is 0 Å². The fourth-order valence-electron chi connectivity index (χ4n) is 1.32. The van der Waals surface area contributed by atoms with Crippen LogP contribution in [-0.4, -0.2) is 9.78 Å². The predicted octanol–water partition coefficient (Wildman–Crippen LogP) is 2.49. The van der Waals surface area contributed by atoms with Gasteiger partial charge in [0, 0.05) is 22.2 Å². The van der Waals surface area contributed by atoms with Crippen molar-refractivity contribution < 1.29 is 0 Å². The Labute approximate surface area is 84.7 Å². The van der Waals surface area contributed by atoms with Gasteiger partial charge in [-0.3, -0.25) is 4.68 Å². The second-order valence-electron chi connectivity index (χ2n) is 2.91. The fourth-order valence-corrected chi connectivity index (χ4v) is 1.76. The van der Waals surface area contributed by atoms with Crippen LogP contribution in [0.2, 0.25) is 0 Å². The molecule has 0 saturated carbocycles. The first-order valence-electron chi connectivity index (χ1n) is 3.77. The molecule has 0 unspecified atom stereocenters. The SMILES string of the molecule is Cc1c(I)ccc2cn(C)nc12. The molecular weight excluding hydrogens is 263 g/mol. The summed E-state index contributed by atoms with van der Waals surface area (Å²) in [5, 5.41) is 5.60. The summed E-state index contributed by atoms with van der Waals surface area (Å²) in [4.78, 5) is 0. The number of hydrogen-bond acceptors (Lipinski definition) is 1. The Hall–Kier alpha value is -0.580. The van der Waals surface area contributed by atoms with Crippen LogP contribution >= 0.6 is 22.6 Å². The van der Waals surface area contributed by atoms with E-state index < -0.39 is 0 Å². The van der Waals surface area contributed by atoms with E-state index in [-0.39, 0.29) is 0 Å². The second-order valence-corrected chi connectivity index (χ2v) is 4.08. The Morgan fingerprint density at radius 3 is 2.92 bits per heavy atom. The standard InChI is InChI=1S/C9H9IN2/c1-6-8(10)4-3-7-5-12(2)11-9(6)7/h3-5H,1-2H3. The summed E-state index contributed by atoms with van der Waals surface area (Å²) in [5.41, 5.74) is 2.39. The minimum Gasteiger partial charge on any atom is -0.275 e. The van der Waals surface area contributed by atoms with Crippen LogP contribution in [-0.2, 0) is 7.05 Å². The quantitative estimate of drug-likeness (QED) is 0.674. The number of aromatic nitrogens is 2. The molecule has 0 aliphatic rings. The molecule has 2 nitrogen and oxygen atoms in total. The third-order valence-corrected chi connectivity index (χ3v) is 3.15. The summed E-state index contributed by atoms with van der Waals surface area (Å²) in [7, 11) is 1.95. The summed E-state index contributed by atoms with van der Waals surface area (Å²) >= 11 is 2.33. The molecule has 0 bridgehead atoms. The number of rotatable bonds is 0. The van der Waals surface area contributed by atoms with Gasteiger partial charge in [0.15, 0.2) is 0 Å². The zero-order valence-corrected chi connectivity index (χ0v) is 9.16. The van der Waals surface area contributed by atoms with Crippen molar-refractivity contribution in [3.8, 4) is 0 Å². The molecule has 2 rings (SSSR count). The lowest BCUT2D eigenvalue weighted by Gasteiger charge is -1.96. The Kier molecular flexibility index (Phi) is 1.83. The van der Waals surface area contributed by atoms with Crippen molar-refractivity contribution >= 4 is 33.5 Å². The van der Waals surface area contributed by atoms with Crippen LogP contribution in [0.5, 0.6) is 0 Å². The summed E-state index contributed by atoms with van der Waals surface area (Å²) in [6, 6.07) is 4.23. The largest absolute Gasteiger partial charge is 0.275 e. The van der Waals surface area contributed by atoms with Gasteiger partial charge < -0.3 is 0 Å². The van der Waals surface area contributed by atoms with E-state index in [4.69, 9.17) is 0 Å². The molecule has 0 spiro atoms. The molecule has 0 N–H and O–H groups in total. The lowest BCUT2D eigenvalue weighted by atomic mass is 10.2. The van der Waals surface area contributed by atoms with Crippen LogP contribution in [0.4, 0.5) is 0 Å². The van der Waals surface area contributed by atoms with Crippen molar-refractivity contribution in [3.63, 3.8) is 0 Å². The number of hydrogen-bond donors (Lipinski definition) is 0. The zero-order chi connectivity index (χ0) is 8.72. The normalized spacial score (nSPS) is 10.9. The first-order valence-corrected chi connectivity index (χ1v) is 4.85. The Morgan fingerprint density at radius 2 is 2.17 bits per heavy atom. The number of nitrogens with zero attached hydrogens (tertiary/aromatic N) is 2. The van der Waals surface area contributed by atoms with Gasteiger partial charge in [-0.05, 0) is 41.1 Å². The van der Waals surface area contributed by atoms with Crippen LogP contribution in [0, 0.1) is 10.5 Å². The van der Waals surface area contributed by atoms with Gasteiger partial charge in [-0.25, -0.2) is 0 Å². The predicted molar refractivity (Wildman–Crippen MR) is 58.2 cm³/mol. The first kappa shape index (κ1) is 8.04. The molecule has 0 radical (unpaired) electrons. The highest BCUT2D eigenvalue weighted by Gasteiger charge is 2.03. The van der Waals surface area contributed by atoms with Crippen molar-refractivity contribution in [1.29, 1.82) is 0 Å². The molecular formula is C9H9IN2. The van der Waals surface area contributed by atoms with E-state index in [9.17, 15) is 0 Å². The molecule has 1 aromatic carbocycles. The van der Waals surface area contributed by atoms with E-state index in [1.807, 2.05) is 17.9 Å². The average molecular weight is 272 g/mol. The van der Waals surface area contributed by atoms with Crippen LogP contribution in [0.15, 0.2) is 18.3 Å². The van der Waals surface area contributed by atoms with E-state index in [1.54, 1.807) is 0 Å². The first-order chi connectivity index (χ1) is 5.68. The van der Waals surface area contributed by atoms with E-state index in [0.29, 0.717) is 0 Å². The highest BCUT2D eigenvalue weighted by Crippen LogP contribution is 2.20. The van der Waals surface area contributed by atoms with Crippen molar-refractivity contribution in [2.75, 3.05) is 0 Å². The summed E-state index contributed by atoms with van der Waals surface area (Å²) < 4.78 is 3.13. The van der Waals surface area contributed by atoms with Crippen LogP contribution < -0.4 is 0 Å². The molecule has 62 valence electrons. The van der Waals surface area contributed by atoms with E-state index in [1.165, 1.54) is 14.5 Å². The monoisotopic (exact) mass is 272 g/mol. The number of benzene rings is 1. The third kappa shape index (κ3) is 1.12. The molecule has 0 amide bonds. The maximum absolute atomic E-state index is 4.39. The molecule has 3 heteroatoms. The van der Waals surface area contributed by atoms with Gasteiger partial charge in [0.05, 0.1) is 5.52 Å². The molecule has 0 aliphatic heterocycles. The van der Waals surface area contributed by atoms with Gasteiger partial charge in [0.1, 0.15) is 0 Å². The van der Waals surface area contributed by atoms with Crippen molar-refractivity contribution in [3.05, 3.63) is 27.5 Å². The molecule has 2 aromatic rings. The van der Waals surface area contributed by atoms with Gasteiger partial charge in [0.2, 0.25) is 0 Å². The lowest BCUT2D eigenvalue weighted by Crippen LogP contribution is -1.87. The molecule has 1 aromatic heterocycles. The topological polar surface area (TPSA) is 17.8 Å². The highest BCUT2D eigenvalue weighted by molar-refractivity contribution is 14.1. The van der Waals surface area contributed by atoms with Crippen molar-refractivity contribution in [1.82, 2.24) is 9.78 Å². The summed E-state index contributed by atoms with van der Waals surface area (Å²) in [6.07, 6.45) is 2.04. The van der Waals surface area contributed by atoms with Gasteiger partial charge in [0.25, 0.3) is 0 Å². The van der Waals surface area contributed by atoms with Gasteiger partial charge in [-0.1, -0.05) is 6.07 Å². The minimum absolute atomic E-state index is 1.12. The lowest BCUT2D eigenvalue weighted by molar-refractivity contribution is 0.779. The average Bonchev–Trinajstić information content (AvgIpc) is 2.39. The number of fused-ring (bicyclic) bond motifs is 1. The number of halogens is 1. The maximum Gasteiger partial charge on any atom is 0.0962 e. The van der Waals surface area contributed by atoms with Crippen molar-refractivity contribution in [2.45, 2.75) is 6.92 Å². The van der Waals surface area contributed by atoms with Gasteiger partial charge >= 0.3 is 0 Å². The Balaban J connectivity index is 2.89. The zero-order valence-electron chi connectivity index (χ0n) is 7.00. The van der Waals surface area contributed by atoms with E-state index >= 15 is 0 Å². The fraction of sp³-hybridized carbons (Fsp3) is 0.222. The molecule has 0 aliphatic carbocycles. The Bertz CT molecular complexity index is 431. The summed E-state index contributed by atoms with van der Waals surface area (Å²) in [5.74, 6) is 0. The van der Waals surface area contributed by atoms with E-state index in [2.05, 4.69) is 46.7 Å². The van der Waals surface area contributed by atoms with Crippen LogP contribution in [0.1, 0.15) is 5.56 Å². The molecule has 0 fully saturated rings. The molecule has 12 heavy (non-hydrogen) atoms. The van der Waals surface area contributed by atoms with Crippen LogP contribution in [0.25, 0.3) is 10.9 Å². The smallest absolute Gasteiger partial charge is 0.0962 e. The van der Waals surface area contributed by atoms with Crippen LogP contribution in [0.3, 0.4) is 0 Å². The molecule has 0 saturated heterocycles. The Morgan fingerprint density at radius 1 is 1.42 bits per heavy atom. The summed E-state index contributed by atoms with van der Waals surface area (Å²) in [6.45, 7) is 2.11. The molecule has 0 atom stereocenters. The second kappa shape index (κ2) is 2.73. The minimum atomic E-state index is 1.12. The van der Waals surface area contributed by atoms with Gasteiger partial charge in [-0.2, -0.15) is 5.10 Å². The van der Waals surface area contributed by atoms with Crippen molar-refractivity contribution in [2.24, 2.45) is 7.05 Å². The highest BCUT2D eigenvalue weighted by atomic mass is 127. The number of aryl methyl sites for hydroxylation is 2.